The van der Waals surface area contributed by atoms with Crippen LogP contribution in [0.5, 0.6) is 0 Å². The van der Waals surface area contributed by atoms with Gasteiger partial charge in [-0.1, -0.05) is 26.0 Å². The number of para-hydroxylation sites is 1. The van der Waals surface area contributed by atoms with E-state index in [2.05, 4.69) is 15.3 Å². The Morgan fingerprint density at radius 2 is 2.00 bits per heavy atom. The molecule has 3 rings (SSSR count). The van der Waals surface area contributed by atoms with Crippen molar-refractivity contribution < 1.29 is 14.3 Å². The van der Waals surface area contributed by atoms with Crippen molar-refractivity contribution in [3.63, 3.8) is 0 Å². The number of rotatable bonds is 6. The number of hydrogen-bond donors (Lipinski definition) is 2. The van der Waals surface area contributed by atoms with Crippen molar-refractivity contribution in [1.82, 2.24) is 9.97 Å². The van der Waals surface area contributed by atoms with Crippen molar-refractivity contribution in [3.8, 4) is 11.6 Å². The van der Waals surface area contributed by atoms with Gasteiger partial charge in [0.1, 0.15) is 11.9 Å². The number of aliphatic carboxylic acids is 1. The normalized spacial score (nSPS) is 12.5. The van der Waals surface area contributed by atoms with E-state index in [1.165, 1.54) is 0 Å². The molecule has 0 saturated carbocycles. The highest BCUT2D eigenvalue weighted by Gasteiger charge is 2.21. The lowest BCUT2D eigenvalue weighted by molar-refractivity contribution is -0.138. The summed E-state index contributed by atoms with van der Waals surface area (Å²) in [7, 11) is 0. The number of nitrogens with one attached hydrogen (secondary N) is 1. The third-order valence-electron chi connectivity index (χ3n) is 3.66. The predicted octanol–water partition coefficient (Wildman–Crippen LogP) is 3.80. The van der Waals surface area contributed by atoms with E-state index in [1.54, 1.807) is 18.4 Å². The Hall–Kier alpha value is -2.89. The molecule has 0 bridgehead atoms. The highest BCUT2D eigenvalue weighted by atomic mass is 16.4. The van der Waals surface area contributed by atoms with Gasteiger partial charge in [0.15, 0.2) is 11.6 Å². The molecule has 3 aromatic rings. The van der Waals surface area contributed by atoms with Crippen molar-refractivity contribution in [2.24, 2.45) is 5.92 Å². The average Bonchev–Trinajstić information content (AvgIpc) is 3.08. The van der Waals surface area contributed by atoms with E-state index in [0.29, 0.717) is 23.8 Å². The van der Waals surface area contributed by atoms with Crippen molar-refractivity contribution in [2.45, 2.75) is 26.3 Å². The summed E-state index contributed by atoms with van der Waals surface area (Å²) in [6.45, 7) is 3.98. The van der Waals surface area contributed by atoms with E-state index in [1.807, 2.05) is 38.1 Å². The summed E-state index contributed by atoms with van der Waals surface area (Å²) in [6, 6.07) is 10.3. The summed E-state index contributed by atoms with van der Waals surface area (Å²) < 4.78 is 5.37. The zero-order valence-electron chi connectivity index (χ0n) is 13.6. The van der Waals surface area contributed by atoms with Crippen LogP contribution in [0.3, 0.4) is 0 Å². The SMILES string of the molecule is CC(C)CC(Nc1nc(-c2ccco2)nc2ccccc12)C(=O)O. The van der Waals surface area contributed by atoms with Gasteiger partial charge in [-0.05, 0) is 36.6 Å². The number of fused-ring (bicyclic) bond motifs is 1. The summed E-state index contributed by atoms with van der Waals surface area (Å²) in [4.78, 5) is 20.6. The Bertz CT molecular complexity index is 844. The molecule has 0 amide bonds. The van der Waals surface area contributed by atoms with Crippen LogP contribution in [-0.4, -0.2) is 27.1 Å². The van der Waals surface area contributed by atoms with Gasteiger partial charge < -0.3 is 14.8 Å². The summed E-state index contributed by atoms with van der Waals surface area (Å²) in [5, 5.41) is 13.3. The number of anilines is 1. The first-order valence-corrected chi connectivity index (χ1v) is 7.84. The van der Waals surface area contributed by atoms with E-state index < -0.39 is 12.0 Å². The number of furan rings is 1. The fourth-order valence-electron chi connectivity index (χ4n) is 2.56. The van der Waals surface area contributed by atoms with Crippen molar-refractivity contribution in [3.05, 3.63) is 42.7 Å². The van der Waals surface area contributed by atoms with Crippen LogP contribution in [0.4, 0.5) is 5.82 Å². The Labute approximate surface area is 139 Å². The Morgan fingerprint density at radius 3 is 2.67 bits per heavy atom. The first-order chi connectivity index (χ1) is 11.5. The number of carbonyl (C=O) groups is 1. The van der Waals surface area contributed by atoms with E-state index in [-0.39, 0.29) is 5.92 Å². The van der Waals surface area contributed by atoms with Gasteiger partial charge in [-0.3, -0.25) is 0 Å². The van der Waals surface area contributed by atoms with Crippen LogP contribution in [-0.2, 0) is 4.79 Å². The maximum absolute atomic E-state index is 11.6. The molecule has 6 heteroatoms. The molecule has 2 aromatic heterocycles. The monoisotopic (exact) mass is 325 g/mol. The molecule has 0 aliphatic heterocycles. The fourth-order valence-corrected chi connectivity index (χ4v) is 2.56. The van der Waals surface area contributed by atoms with Crippen molar-refractivity contribution >= 4 is 22.7 Å². The van der Waals surface area contributed by atoms with Crippen molar-refractivity contribution in [2.75, 3.05) is 5.32 Å². The van der Waals surface area contributed by atoms with Crippen LogP contribution in [0, 0.1) is 5.92 Å². The standard InChI is InChI=1S/C18H19N3O3/c1-11(2)10-14(18(22)23)20-16-12-6-3-4-7-13(12)19-17(21-16)15-8-5-9-24-15/h3-9,11,14H,10H2,1-2H3,(H,22,23)(H,19,20,21). The van der Waals surface area contributed by atoms with Crippen LogP contribution in [0.1, 0.15) is 20.3 Å². The van der Waals surface area contributed by atoms with Crippen molar-refractivity contribution in [1.29, 1.82) is 0 Å². The fraction of sp³-hybridized carbons (Fsp3) is 0.278. The molecular weight excluding hydrogens is 306 g/mol. The Kier molecular flexibility index (Phi) is 4.46. The van der Waals surface area contributed by atoms with Crippen LogP contribution in [0.2, 0.25) is 0 Å². The lowest BCUT2D eigenvalue weighted by Crippen LogP contribution is -2.31. The number of aromatic nitrogens is 2. The maximum Gasteiger partial charge on any atom is 0.326 e. The third kappa shape index (κ3) is 3.37. The molecule has 6 nitrogen and oxygen atoms in total. The second kappa shape index (κ2) is 6.70. The molecule has 24 heavy (non-hydrogen) atoms. The van der Waals surface area contributed by atoms with Gasteiger partial charge >= 0.3 is 5.97 Å². The number of nitrogens with zero attached hydrogens (tertiary/aromatic N) is 2. The van der Waals surface area contributed by atoms with Gasteiger partial charge in [-0.2, -0.15) is 0 Å². The topological polar surface area (TPSA) is 88.3 Å². The second-order valence-electron chi connectivity index (χ2n) is 6.05. The smallest absolute Gasteiger partial charge is 0.326 e. The summed E-state index contributed by atoms with van der Waals surface area (Å²) in [5.41, 5.74) is 0.732. The van der Waals surface area contributed by atoms with Crippen LogP contribution < -0.4 is 5.32 Å². The number of carboxylic acid groups (broad SMARTS) is 1. The van der Waals surface area contributed by atoms with Gasteiger partial charge in [0, 0.05) is 5.39 Å². The zero-order chi connectivity index (χ0) is 17.1. The van der Waals surface area contributed by atoms with Crippen LogP contribution in [0.25, 0.3) is 22.5 Å². The molecule has 2 N–H and O–H groups in total. The Balaban J connectivity index is 2.06. The molecule has 0 aliphatic rings. The molecule has 0 radical (unpaired) electrons. The van der Waals surface area contributed by atoms with Gasteiger partial charge in [-0.25, -0.2) is 14.8 Å². The third-order valence-corrected chi connectivity index (χ3v) is 3.66. The number of carboxylic acids is 1. The maximum atomic E-state index is 11.6. The molecule has 0 fully saturated rings. The van der Waals surface area contributed by atoms with Gasteiger partial charge in [0.05, 0.1) is 11.8 Å². The minimum atomic E-state index is -0.897. The Morgan fingerprint density at radius 1 is 1.21 bits per heavy atom. The molecule has 1 aromatic carbocycles. The zero-order valence-corrected chi connectivity index (χ0v) is 13.6. The summed E-state index contributed by atoms with van der Waals surface area (Å²) >= 11 is 0. The molecule has 124 valence electrons. The lowest BCUT2D eigenvalue weighted by atomic mass is 10.0. The van der Waals surface area contributed by atoms with E-state index >= 15 is 0 Å². The first-order valence-electron chi connectivity index (χ1n) is 7.84. The first kappa shape index (κ1) is 16.0. The van der Waals surface area contributed by atoms with Crippen LogP contribution in [0.15, 0.2) is 47.1 Å². The van der Waals surface area contributed by atoms with Gasteiger partial charge in [0.25, 0.3) is 0 Å². The predicted molar refractivity (Wildman–Crippen MR) is 91.7 cm³/mol. The minimum absolute atomic E-state index is 0.247. The number of hydrogen-bond acceptors (Lipinski definition) is 5. The quantitative estimate of drug-likeness (QED) is 0.716. The molecule has 0 saturated heterocycles. The second-order valence-corrected chi connectivity index (χ2v) is 6.05. The van der Waals surface area contributed by atoms with E-state index in [9.17, 15) is 9.90 Å². The lowest BCUT2D eigenvalue weighted by Gasteiger charge is -2.18. The average molecular weight is 325 g/mol. The molecule has 2 heterocycles. The summed E-state index contributed by atoms with van der Waals surface area (Å²) in [6.07, 6.45) is 2.06. The van der Waals surface area contributed by atoms with Gasteiger partial charge in [-0.15, -0.1) is 0 Å². The van der Waals surface area contributed by atoms with E-state index in [0.717, 1.165) is 10.9 Å². The molecule has 1 unspecified atom stereocenters. The number of benzene rings is 1. The molecule has 0 aliphatic carbocycles. The van der Waals surface area contributed by atoms with Gasteiger partial charge in [0.2, 0.25) is 0 Å². The highest BCUT2D eigenvalue weighted by Crippen LogP contribution is 2.26. The summed E-state index contributed by atoms with van der Waals surface area (Å²) in [5.74, 6) is 0.816. The highest BCUT2D eigenvalue weighted by molar-refractivity contribution is 5.92. The molecule has 0 spiro atoms. The largest absolute Gasteiger partial charge is 0.480 e. The van der Waals surface area contributed by atoms with Crippen LogP contribution >= 0.6 is 0 Å². The van der Waals surface area contributed by atoms with E-state index in [4.69, 9.17) is 4.42 Å². The minimum Gasteiger partial charge on any atom is -0.480 e. The molecule has 1 atom stereocenters. The molecular formula is C18H19N3O3.